The molecule has 0 saturated carbocycles. The highest BCUT2D eigenvalue weighted by Gasteiger charge is 2.30. The van der Waals surface area contributed by atoms with E-state index in [0.717, 1.165) is 5.56 Å². The second kappa shape index (κ2) is 13.2. The van der Waals surface area contributed by atoms with Crippen molar-refractivity contribution in [1.82, 2.24) is 16.0 Å². The average molecular weight is 473 g/mol. The van der Waals surface area contributed by atoms with E-state index in [-0.39, 0.29) is 17.9 Å². The van der Waals surface area contributed by atoms with E-state index in [2.05, 4.69) is 41.2 Å². The lowest BCUT2D eigenvalue weighted by Gasteiger charge is -2.24. The molecule has 172 valence electrons. The highest BCUT2D eigenvalue weighted by Crippen LogP contribution is 2.05. The first-order valence-corrected chi connectivity index (χ1v) is 10.7. The Hall–Kier alpha value is -2.28. The van der Waals surface area contributed by atoms with Gasteiger partial charge in [-0.3, -0.25) is 14.4 Å². The highest BCUT2D eigenvalue weighted by atomic mass is 32.1. The van der Waals surface area contributed by atoms with Gasteiger partial charge in [0, 0.05) is 17.9 Å². The molecule has 5 unspecified atom stereocenters. The van der Waals surface area contributed by atoms with Gasteiger partial charge in [0.05, 0.1) is 6.10 Å². The van der Waals surface area contributed by atoms with E-state index in [1.807, 2.05) is 0 Å². The van der Waals surface area contributed by atoms with Gasteiger partial charge in [0.15, 0.2) is 0 Å². The van der Waals surface area contributed by atoms with Gasteiger partial charge in [-0.05, 0) is 12.5 Å². The summed E-state index contributed by atoms with van der Waals surface area (Å²) in [5.74, 6) is -3.69. The smallest absolute Gasteiger partial charge is 0.327 e. The van der Waals surface area contributed by atoms with Crippen LogP contribution in [-0.2, 0) is 25.6 Å². The number of nitrogens with one attached hydrogen (secondary N) is 3. The van der Waals surface area contributed by atoms with Gasteiger partial charge in [0.1, 0.15) is 24.2 Å². The molecular weight excluding hydrogens is 444 g/mol. The number of aliphatic hydroxyl groups is 1. The number of carbonyl (C=O) groups is 4. The van der Waals surface area contributed by atoms with Gasteiger partial charge in [-0.2, -0.15) is 25.3 Å². The third-order valence-electron chi connectivity index (χ3n) is 4.35. The largest absolute Gasteiger partial charge is 0.480 e. The van der Waals surface area contributed by atoms with Crippen molar-refractivity contribution in [3.05, 3.63) is 35.9 Å². The third-order valence-corrected chi connectivity index (χ3v) is 5.08. The minimum atomic E-state index is -1.26. The second-order valence-corrected chi connectivity index (χ2v) is 7.57. The van der Waals surface area contributed by atoms with Crippen LogP contribution < -0.4 is 21.7 Å². The fourth-order valence-electron chi connectivity index (χ4n) is 2.47. The number of thiol groups is 2. The Morgan fingerprint density at radius 2 is 1.39 bits per heavy atom. The zero-order chi connectivity index (χ0) is 23.6. The second-order valence-electron chi connectivity index (χ2n) is 6.84. The van der Waals surface area contributed by atoms with Crippen LogP contribution in [0.2, 0.25) is 0 Å². The predicted octanol–water partition coefficient (Wildman–Crippen LogP) is -1.66. The number of benzene rings is 1. The maximum absolute atomic E-state index is 12.7. The molecule has 0 heterocycles. The van der Waals surface area contributed by atoms with Gasteiger partial charge in [-0.15, -0.1) is 0 Å². The monoisotopic (exact) mass is 472 g/mol. The maximum atomic E-state index is 12.7. The number of aliphatic carboxylic acids is 1. The first-order valence-electron chi connectivity index (χ1n) is 9.43. The fourth-order valence-corrected chi connectivity index (χ4v) is 2.97. The molecular formula is C19H28N4O6S2. The first kappa shape index (κ1) is 26.8. The van der Waals surface area contributed by atoms with E-state index >= 15 is 0 Å². The summed E-state index contributed by atoms with van der Waals surface area (Å²) in [5.41, 5.74) is 6.29. The summed E-state index contributed by atoms with van der Waals surface area (Å²) in [6.07, 6.45) is -1.05. The number of aliphatic hydroxyl groups excluding tert-OH is 1. The summed E-state index contributed by atoms with van der Waals surface area (Å²) in [6, 6.07) is 4.06. The summed E-state index contributed by atoms with van der Waals surface area (Å²) in [6.45, 7) is 1.33. The zero-order valence-electron chi connectivity index (χ0n) is 16.9. The van der Waals surface area contributed by atoms with Crippen LogP contribution in [0.5, 0.6) is 0 Å². The number of carboxylic acids is 1. The number of rotatable bonds is 12. The van der Waals surface area contributed by atoms with Crippen molar-refractivity contribution in [1.29, 1.82) is 0 Å². The van der Waals surface area contributed by atoms with E-state index in [0.29, 0.717) is 0 Å². The summed E-state index contributed by atoms with van der Waals surface area (Å²) in [4.78, 5) is 48.7. The molecule has 0 spiro atoms. The molecule has 0 aliphatic rings. The Labute approximate surface area is 191 Å². The molecule has 7 N–H and O–H groups in total. The van der Waals surface area contributed by atoms with E-state index in [9.17, 15) is 24.3 Å². The molecule has 0 fully saturated rings. The number of amides is 3. The predicted molar refractivity (Wildman–Crippen MR) is 121 cm³/mol. The zero-order valence-corrected chi connectivity index (χ0v) is 18.7. The summed E-state index contributed by atoms with van der Waals surface area (Å²) in [7, 11) is 0. The van der Waals surface area contributed by atoms with E-state index < -0.39 is 54.0 Å². The summed E-state index contributed by atoms with van der Waals surface area (Å²) < 4.78 is 0. The lowest BCUT2D eigenvalue weighted by atomic mass is 10.0. The fraction of sp³-hybridized carbons (Fsp3) is 0.474. The van der Waals surface area contributed by atoms with Crippen molar-refractivity contribution >= 4 is 48.9 Å². The van der Waals surface area contributed by atoms with Gasteiger partial charge in [-0.1, -0.05) is 30.3 Å². The average Bonchev–Trinajstić information content (AvgIpc) is 2.74. The van der Waals surface area contributed by atoms with Crippen LogP contribution in [0.1, 0.15) is 12.5 Å². The van der Waals surface area contributed by atoms with Gasteiger partial charge >= 0.3 is 5.97 Å². The normalized spacial score (nSPS) is 15.6. The Balaban J connectivity index is 2.98. The maximum Gasteiger partial charge on any atom is 0.327 e. The summed E-state index contributed by atoms with van der Waals surface area (Å²) in [5, 5.41) is 25.8. The van der Waals surface area contributed by atoms with Crippen molar-refractivity contribution in [3.8, 4) is 0 Å². The molecule has 10 nitrogen and oxygen atoms in total. The number of carboxylic acid groups (broad SMARTS) is 1. The number of carbonyl (C=O) groups excluding carboxylic acids is 3. The molecule has 1 aromatic carbocycles. The third kappa shape index (κ3) is 8.77. The van der Waals surface area contributed by atoms with Crippen LogP contribution in [0, 0.1) is 0 Å². The van der Waals surface area contributed by atoms with Crippen molar-refractivity contribution < 1.29 is 29.4 Å². The van der Waals surface area contributed by atoms with Crippen LogP contribution in [0.25, 0.3) is 0 Å². The first-order chi connectivity index (χ1) is 14.6. The van der Waals surface area contributed by atoms with Crippen LogP contribution in [-0.4, -0.2) is 75.7 Å². The van der Waals surface area contributed by atoms with E-state index in [4.69, 9.17) is 10.8 Å². The van der Waals surface area contributed by atoms with Crippen LogP contribution in [0.4, 0.5) is 0 Å². The molecule has 1 rings (SSSR count). The minimum Gasteiger partial charge on any atom is -0.480 e. The van der Waals surface area contributed by atoms with Gasteiger partial charge in [0.2, 0.25) is 17.7 Å². The van der Waals surface area contributed by atoms with Crippen molar-refractivity contribution in [3.63, 3.8) is 0 Å². The number of nitrogens with two attached hydrogens (primary N) is 1. The molecule has 5 atom stereocenters. The lowest BCUT2D eigenvalue weighted by Crippen LogP contribution is -2.59. The van der Waals surface area contributed by atoms with Crippen LogP contribution in [0.15, 0.2) is 30.3 Å². The molecule has 0 radical (unpaired) electrons. The van der Waals surface area contributed by atoms with Crippen molar-refractivity contribution in [2.24, 2.45) is 5.73 Å². The van der Waals surface area contributed by atoms with Crippen molar-refractivity contribution in [2.45, 2.75) is 43.6 Å². The Kier molecular flexibility index (Phi) is 11.4. The molecule has 0 aliphatic carbocycles. The van der Waals surface area contributed by atoms with E-state index in [1.54, 1.807) is 30.3 Å². The quantitative estimate of drug-likeness (QED) is 0.168. The van der Waals surface area contributed by atoms with Crippen LogP contribution in [0.3, 0.4) is 0 Å². The number of hydrogen-bond acceptors (Lipinski definition) is 8. The minimum absolute atomic E-state index is 0.0811. The SMILES string of the molecule is CC(O)C(N)C(=O)NC(CS)C(=O)NC(Cc1ccccc1)C(=O)NC(CS)C(=O)O. The van der Waals surface area contributed by atoms with Crippen molar-refractivity contribution in [2.75, 3.05) is 11.5 Å². The van der Waals surface area contributed by atoms with E-state index in [1.165, 1.54) is 6.92 Å². The molecule has 1 aromatic rings. The Morgan fingerprint density at radius 1 is 0.903 bits per heavy atom. The molecule has 12 heteroatoms. The molecule has 31 heavy (non-hydrogen) atoms. The van der Waals surface area contributed by atoms with Gasteiger partial charge in [0.25, 0.3) is 0 Å². The molecule has 3 amide bonds. The molecule has 0 saturated heterocycles. The Morgan fingerprint density at radius 3 is 1.87 bits per heavy atom. The van der Waals surface area contributed by atoms with Gasteiger partial charge in [-0.25, -0.2) is 4.79 Å². The Bertz CT molecular complexity index is 765. The lowest BCUT2D eigenvalue weighted by molar-refractivity contribution is -0.141. The summed E-state index contributed by atoms with van der Waals surface area (Å²) >= 11 is 7.97. The standard InChI is InChI=1S/C19H28N4O6S2/c1-10(24)15(20)18(27)22-13(8-30)17(26)21-12(7-11-5-3-2-4-6-11)16(25)23-14(9-31)19(28)29/h2-6,10,12-15,24,30-31H,7-9,20H2,1H3,(H,21,26)(H,22,27)(H,23,25)(H,28,29). The number of hydrogen-bond donors (Lipinski definition) is 8. The molecule has 0 bridgehead atoms. The topological polar surface area (TPSA) is 171 Å². The van der Waals surface area contributed by atoms with Gasteiger partial charge < -0.3 is 31.9 Å². The molecule has 0 aliphatic heterocycles. The molecule has 0 aromatic heterocycles. The highest BCUT2D eigenvalue weighted by molar-refractivity contribution is 7.80. The van der Waals surface area contributed by atoms with Crippen LogP contribution >= 0.6 is 25.3 Å².